The molecule has 2 aromatic carbocycles. The molecule has 0 radical (unpaired) electrons. The highest BCUT2D eigenvalue weighted by Gasteiger charge is 2.22. The molecule has 0 saturated carbocycles. The Morgan fingerprint density at radius 1 is 1.06 bits per heavy atom. The number of carbonyl (C=O) groups is 2. The van der Waals surface area contributed by atoms with Crippen LogP contribution in [0, 0.1) is 5.82 Å². The average molecular weight is 490 g/mol. The molecule has 0 bridgehead atoms. The fraction of sp³-hybridized carbons (Fsp3) is 0.250. The van der Waals surface area contributed by atoms with Crippen LogP contribution in [0.5, 0.6) is 0 Å². The zero-order valence-electron chi connectivity index (χ0n) is 18.2. The van der Waals surface area contributed by atoms with Gasteiger partial charge >= 0.3 is 6.03 Å². The molecule has 33 heavy (non-hydrogen) atoms. The molecule has 3 aromatic rings. The van der Waals surface area contributed by atoms with E-state index in [9.17, 15) is 14.0 Å². The van der Waals surface area contributed by atoms with E-state index in [0.29, 0.717) is 18.8 Å². The van der Waals surface area contributed by atoms with Crippen molar-refractivity contribution in [3.05, 3.63) is 87.3 Å². The number of nitrogens with one attached hydrogen (secondary N) is 1. The summed E-state index contributed by atoms with van der Waals surface area (Å²) < 4.78 is 18.6. The molecule has 0 saturated heterocycles. The maximum Gasteiger partial charge on any atom is 0.322 e. The molecule has 0 unspecified atom stereocenters. The predicted molar refractivity (Wildman–Crippen MR) is 129 cm³/mol. The van der Waals surface area contributed by atoms with Gasteiger partial charge in [-0.1, -0.05) is 48.0 Å². The zero-order valence-corrected chi connectivity index (χ0v) is 19.7. The molecule has 3 amide bonds. The highest BCUT2D eigenvalue weighted by molar-refractivity contribution is 7.09. The summed E-state index contributed by atoms with van der Waals surface area (Å²) in [6, 6.07) is 17.0. The van der Waals surface area contributed by atoms with E-state index in [1.165, 1.54) is 30.2 Å². The first-order chi connectivity index (χ1) is 16.0. The Labute approximate surface area is 201 Å². The topological polar surface area (TPSA) is 61.9 Å². The van der Waals surface area contributed by atoms with Gasteiger partial charge in [-0.3, -0.25) is 4.79 Å². The van der Waals surface area contributed by atoms with Gasteiger partial charge in [0.15, 0.2) is 0 Å². The Hall–Kier alpha value is -2.94. The van der Waals surface area contributed by atoms with E-state index in [0.717, 1.165) is 10.4 Å². The van der Waals surface area contributed by atoms with Crippen molar-refractivity contribution in [2.45, 2.75) is 13.1 Å². The third kappa shape index (κ3) is 7.56. The highest BCUT2D eigenvalue weighted by atomic mass is 35.5. The number of anilines is 1. The molecule has 0 aliphatic rings. The number of hydrogen-bond donors (Lipinski definition) is 1. The van der Waals surface area contributed by atoms with E-state index >= 15 is 0 Å². The van der Waals surface area contributed by atoms with Crippen molar-refractivity contribution in [2.24, 2.45) is 0 Å². The van der Waals surface area contributed by atoms with Crippen LogP contribution in [0.25, 0.3) is 0 Å². The number of amides is 3. The molecule has 1 heterocycles. The summed E-state index contributed by atoms with van der Waals surface area (Å²) in [6.45, 7) is 1.20. The van der Waals surface area contributed by atoms with Crippen LogP contribution in [0.15, 0.2) is 66.0 Å². The second-order valence-electron chi connectivity index (χ2n) is 7.29. The van der Waals surface area contributed by atoms with Crippen LogP contribution in [0.1, 0.15) is 10.4 Å². The van der Waals surface area contributed by atoms with E-state index in [4.69, 9.17) is 16.3 Å². The number of benzene rings is 2. The van der Waals surface area contributed by atoms with Gasteiger partial charge in [-0.25, -0.2) is 9.18 Å². The number of urea groups is 1. The van der Waals surface area contributed by atoms with E-state index in [-0.39, 0.29) is 30.6 Å². The van der Waals surface area contributed by atoms with Gasteiger partial charge in [0.2, 0.25) is 5.91 Å². The van der Waals surface area contributed by atoms with Crippen LogP contribution < -0.4 is 5.32 Å². The van der Waals surface area contributed by atoms with Crippen LogP contribution >= 0.6 is 22.9 Å². The summed E-state index contributed by atoms with van der Waals surface area (Å²) in [5.41, 5.74) is 1.33. The van der Waals surface area contributed by atoms with Crippen molar-refractivity contribution in [1.82, 2.24) is 9.80 Å². The number of nitrogens with zero attached hydrogens (tertiary/aromatic N) is 2. The van der Waals surface area contributed by atoms with Gasteiger partial charge in [-0.15, -0.1) is 11.3 Å². The molecule has 0 aliphatic carbocycles. The van der Waals surface area contributed by atoms with Crippen LogP contribution in [-0.2, 0) is 22.6 Å². The summed E-state index contributed by atoms with van der Waals surface area (Å²) in [6.07, 6.45) is 0. The van der Waals surface area contributed by atoms with Crippen molar-refractivity contribution in [3.8, 4) is 0 Å². The van der Waals surface area contributed by atoms with E-state index in [2.05, 4.69) is 5.32 Å². The van der Waals surface area contributed by atoms with Crippen molar-refractivity contribution < 1.29 is 18.7 Å². The van der Waals surface area contributed by atoms with Gasteiger partial charge in [0, 0.05) is 30.8 Å². The number of methoxy groups -OCH3 is 1. The van der Waals surface area contributed by atoms with Gasteiger partial charge in [0.25, 0.3) is 0 Å². The third-order valence-corrected chi connectivity index (χ3v) is 6.00. The SMILES string of the molecule is COCCN(CC(=O)N(Cc1ccccc1)Cc1cccs1)C(=O)Nc1ccc(F)c(Cl)c1. The summed E-state index contributed by atoms with van der Waals surface area (Å²) >= 11 is 7.38. The molecular weight excluding hydrogens is 465 g/mol. The van der Waals surface area contributed by atoms with Gasteiger partial charge in [-0.2, -0.15) is 0 Å². The number of carbonyl (C=O) groups excluding carboxylic acids is 2. The maximum atomic E-state index is 13.4. The first-order valence-corrected chi connectivity index (χ1v) is 11.6. The first kappa shape index (κ1) is 24.7. The number of thiophene rings is 1. The fourth-order valence-corrected chi connectivity index (χ4v) is 4.02. The monoisotopic (exact) mass is 489 g/mol. The molecule has 0 atom stereocenters. The molecule has 1 N–H and O–H groups in total. The molecule has 0 spiro atoms. The minimum absolute atomic E-state index is 0.0997. The average Bonchev–Trinajstić information content (AvgIpc) is 3.32. The van der Waals surface area contributed by atoms with Crippen molar-refractivity contribution in [1.29, 1.82) is 0 Å². The lowest BCUT2D eigenvalue weighted by Crippen LogP contribution is -2.45. The number of ether oxygens (including phenoxy) is 1. The molecule has 0 fully saturated rings. The minimum Gasteiger partial charge on any atom is -0.383 e. The maximum absolute atomic E-state index is 13.4. The highest BCUT2D eigenvalue weighted by Crippen LogP contribution is 2.20. The van der Waals surface area contributed by atoms with Crippen LogP contribution in [-0.4, -0.2) is 48.5 Å². The third-order valence-electron chi connectivity index (χ3n) is 4.85. The molecule has 6 nitrogen and oxygen atoms in total. The number of halogens is 2. The summed E-state index contributed by atoms with van der Waals surface area (Å²) in [4.78, 5) is 30.3. The van der Waals surface area contributed by atoms with Crippen LogP contribution in [0.2, 0.25) is 5.02 Å². The Morgan fingerprint density at radius 2 is 1.85 bits per heavy atom. The molecule has 9 heteroatoms. The molecule has 3 rings (SSSR count). The Balaban J connectivity index is 1.74. The predicted octanol–water partition coefficient (Wildman–Crippen LogP) is 5.25. The Bertz CT molecular complexity index is 1050. The second-order valence-corrected chi connectivity index (χ2v) is 8.73. The largest absolute Gasteiger partial charge is 0.383 e. The Kier molecular flexibility index (Phi) is 9.24. The quantitative estimate of drug-likeness (QED) is 0.423. The Morgan fingerprint density at radius 3 is 2.52 bits per heavy atom. The van der Waals surface area contributed by atoms with Gasteiger partial charge < -0.3 is 19.9 Å². The minimum atomic E-state index is -0.578. The van der Waals surface area contributed by atoms with Gasteiger partial charge in [-0.05, 0) is 35.2 Å². The first-order valence-electron chi connectivity index (χ1n) is 10.3. The van der Waals surface area contributed by atoms with Crippen LogP contribution in [0.4, 0.5) is 14.9 Å². The summed E-state index contributed by atoms with van der Waals surface area (Å²) in [7, 11) is 1.52. The van der Waals surface area contributed by atoms with Gasteiger partial charge in [0.1, 0.15) is 12.4 Å². The normalized spacial score (nSPS) is 10.6. The fourth-order valence-electron chi connectivity index (χ4n) is 3.12. The van der Waals surface area contributed by atoms with Gasteiger partial charge in [0.05, 0.1) is 18.2 Å². The van der Waals surface area contributed by atoms with E-state index in [1.807, 2.05) is 47.8 Å². The lowest BCUT2D eigenvalue weighted by molar-refractivity contribution is -0.133. The van der Waals surface area contributed by atoms with E-state index < -0.39 is 11.8 Å². The summed E-state index contributed by atoms with van der Waals surface area (Å²) in [5, 5.41) is 4.54. The van der Waals surface area contributed by atoms with Crippen molar-refractivity contribution >= 4 is 40.6 Å². The smallest absolute Gasteiger partial charge is 0.322 e. The van der Waals surface area contributed by atoms with Crippen molar-refractivity contribution in [3.63, 3.8) is 0 Å². The lowest BCUT2D eigenvalue weighted by atomic mass is 10.2. The second kappa shape index (κ2) is 12.3. The number of hydrogen-bond acceptors (Lipinski definition) is 4. The van der Waals surface area contributed by atoms with Crippen molar-refractivity contribution in [2.75, 3.05) is 32.1 Å². The zero-order chi connectivity index (χ0) is 23.6. The van der Waals surface area contributed by atoms with E-state index in [1.54, 1.807) is 16.2 Å². The standard InChI is InChI=1S/C24H25ClFN3O3S/c1-32-12-11-28(24(31)27-19-9-10-22(26)21(25)14-19)17-23(30)29(16-20-8-5-13-33-20)15-18-6-3-2-4-7-18/h2-10,13-14H,11-12,15-17H2,1H3,(H,27,31). The molecule has 1 aromatic heterocycles. The number of rotatable bonds is 10. The molecule has 174 valence electrons. The molecular formula is C24H25ClFN3O3S. The lowest BCUT2D eigenvalue weighted by Gasteiger charge is -2.27. The molecule has 0 aliphatic heterocycles. The van der Waals surface area contributed by atoms with Crippen LogP contribution in [0.3, 0.4) is 0 Å². The summed E-state index contributed by atoms with van der Waals surface area (Å²) in [5.74, 6) is -0.776.